The molecule has 0 atom stereocenters. The summed E-state index contributed by atoms with van der Waals surface area (Å²) in [6.07, 6.45) is 2.69. The number of nitrogens with zero attached hydrogens (tertiary/aromatic N) is 5. The summed E-state index contributed by atoms with van der Waals surface area (Å²) in [7, 11) is 7.76. The summed E-state index contributed by atoms with van der Waals surface area (Å²) in [5, 5.41) is 11.4. The van der Waals surface area contributed by atoms with Gasteiger partial charge in [-0.25, -0.2) is 0 Å². The van der Waals surface area contributed by atoms with Crippen molar-refractivity contribution in [2.24, 2.45) is 9.98 Å². The fourth-order valence-corrected chi connectivity index (χ4v) is 3.13. The molecule has 0 saturated carbocycles. The zero-order valence-corrected chi connectivity index (χ0v) is 17.1. The van der Waals surface area contributed by atoms with Crippen molar-refractivity contribution in [1.82, 2.24) is 19.5 Å². The molecule has 0 amide bonds. The van der Waals surface area contributed by atoms with Crippen LogP contribution >= 0.6 is 0 Å². The lowest BCUT2D eigenvalue weighted by molar-refractivity contribution is 0.197. The van der Waals surface area contributed by atoms with E-state index in [2.05, 4.69) is 15.0 Å². The van der Waals surface area contributed by atoms with Crippen LogP contribution in [0.3, 0.4) is 0 Å². The van der Waals surface area contributed by atoms with Crippen LogP contribution in [0.1, 0.15) is 0 Å². The minimum absolute atomic E-state index is 0.0435. The Bertz CT molecular complexity index is 1270. The second-order valence-electron chi connectivity index (χ2n) is 7.41. The van der Waals surface area contributed by atoms with Crippen LogP contribution in [0.15, 0.2) is 44.1 Å². The van der Waals surface area contributed by atoms with Gasteiger partial charge in [0.2, 0.25) is 10.9 Å². The summed E-state index contributed by atoms with van der Waals surface area (Å²) in [4.78, 5) is 42.3. The van der Waals surface area contributed by atoms with Crippen LogP contribution in [0.4, 0.5) is 0 Å². The Labute approximate surface area is 167 Å². The van der Waals surface area contributed by atoms with Crippen LogP contribution in [-0.4, -0.2) is 79.1 Å². The number of hydrogen-bond acceptors (Lipinski definition) is 7. The van der Waals surface area contributed by atoms with Gasteiger partial charge in [0, 0.05) is 19.3 Å². The number of nitrogens with one attached hydrogen (secondary N) is 1. The molecule has 0 unspecified atom stereocenters. The summed E-state index contributed by atoms with van der Waals surface area (Å²) in [5.74, 6) is 0. The minimum Gasteiger partial charge on any atom is -0.428 e. The van der Waals surface area contributed by atoms with Crippen molar-refractivity contribution in [3.8, 4) is 0 Å². The van der Waals surface area contributed by atoms with E-state index >= 15 is 0 Å². The van der Waals surface area contributed by atoms with Crippen molar-refractivity contribution >= 4 is 21.8 Å². The van der Waals surface area contributed by atoms with Crippen molar-refractivity contribution in [3.63, 3.8) is 0 Å². The molecule has 0 aliphatic heterocycles. The molecule has 0 fully saturated rings. The predicted octanol–water partition coefficient (Wildman–Crippen LogP) is -0.557. The van der Waals surface area contributed by atoms with Gasteiger partial charge in [-0.15, -0.1) is 0 Å². The van der Waals surface area contributed by atoms with Crippen molar-refractivity contribution in [1.29, 1.82) is 0 Å². The van der Waals surface area contributed by atoms with Gasteiger partial charge in [-0.2, -0.15) is 4.73 Å². The molecule has 0 saturated heterocycles. The molecule has 2 aromatic carbocycles. The first-order valence-corrected chi connectivity index (χ1v) is 9.37. The molecule has 9 heteroatoms. The second-order valence-corrected chi connectivity index (χ2v) is 7.41. The standard InChI is InChI=1S/C20H26N6O3/c1-24(2)10-7-21-13-5-6-14(22-8-11-25(3)4)16-15(13)19(27)17-18(20(16)28)26(29)12-9-23-17/h5-6,9,12,23,29H,7-8,10-11H2,1-4H3. The molecule has 0 aliphatic carbocycles. The van der Waals surface area contributed by atoms with Crippen molar-refractivity contribution in [3.05, 3.63) is 55.7 Å². The average molecular weight is 398 g/mol. The molecule has 0 bridgehead atoms. The van der Waals surface area contributed by atoms with E-state index in [0.717, 1.165) is 0 Å². The lowest BCUT2D eigenvalue weighted by atomic mass is 10.1. The van der Waals surface area contributed by atoms with Gasteiger partial charge in [0.15, 0.2) is 5.52 Å². The second kappa shape index (κ2) is 8.54. The molecule has 1 heterocycles. The summed E-state index contributed by atoms with van der Waals surface area (Å²) < 4.78 is 0.675. The van der Waals surface area contributed by atoms with Crippen LogP contribution < -0.4 is 21.6 Å². The summed E-state index contributed by atoms with van der Waals surface area (Å²) in [6, 6.07) is 3.45. The van der Waals surface area contributed by atoms with Crippen molar-refractivity contribution in [2.45, 2.75) is 0 Å². The van der Waals surface area contributed by atoms with Crippen molar-refractivity contribution in [2.75, 3.05) is 54.4 Å². The molecule has 154 valence electrons. The summed E-state index contributed by atoms with van der Waals surface area (Å²) >= 11 is 0. The van der Waals surface area contributed by atoms with E-state index in [0.29, 0.717) is 41.6 Å². The van der Waals surface area contributed by atoms with Gasteiger partial charge in [0.25, 0.3) is 0 Å². The van der Waals surface area contributed by atoms with Crippen LogP contribution in [0, 0.1) is 0 Å². The third-order valence-electron chi connectivity index (χ3n) is 4.63. The maximum atomic E-state index is 13.3. The SMILES string of the molecule is CN(C)CCN=c1ccc(=NCCN(C)C)c2c(=O)c3c([nH]ccn3O)c(=O)c12. The highest BCUT2D eigenvalue weighted by Crippen LogP contribution is 2.05. The lowest BCUT2D eigenvalue weighted by Gasteiger charge is -2.08. The van der Waals surface area contributed by atoms with E-state index in [1.54, 1.807) is 12.1 Å². The minimum atomic E-state index is -0.456. The zero-order valence-electron chi connectivity index (χ0n) is 17.1. The highest BCUT2D eigenvalue weighted by atomic mass is 16.5. The van der Waals surface area contributed by atoms with Gasteiger partial charge in [-0.05, 0) is 40.3 Å². The number of aromatic amines is 1. The Morgan fingerprint density at radius 1 is 0.931 bits per heavy atom. The number of hydrogen-bond donors (Lipinski definition) is 2. The zero-order chi connectivity index (χ0) is 21.1. The number of H-pyrrole nitrogens is 1. The number of likely N-dealkylation sites (N-methyl/N-ethyl adjacent to an activating group) is 2. The number of benzene rings is 2. The van der Waals surface area contributed by atoms with Gasteiger partial charge in [-0.1, -0.05) is 0 Å². The molecule has 1 aromatic heterocycles. The molecule has 3 aromatic rings. The van der Waals surface area contributed by atoms with E-state index in [9.17, 15) is 14.8 Å². The Hall–Kier alpha value is -3.04. The highest BCUT2D eigenvalue weighted by molar-refractivity contribution is 5.94. The first-order valence-electron chi connectivity index (χ1n) is 9.37. The van der Waals surface area contributed by atoms with Gasteiger partial charge < -0.3 is 20.0 Å². The Morgan fingerprint density at radius 2 is 1.45 bits per heavy atom. The van der Waals surface area contributed by atoms with E-state index in [-0.39, 0.29) is 27.2 Å². The molecular weight excluding hydrogens is 372 g/mol. The Balaban J connectivity index is 2.41. The molecule has 3 rings (SSSR count). The first-order chi connectivity index (χ1) is 13.8. The first kappa shape index (κ1) is 20.7. The average Bonchev–Trinajstić information content (AvgIpc) is 2.66. The Kier molecular flexibility index (Phi) is 6.09. The number of fused-ring (bicyclic) bond motifs is 2. The van der Waals surface area contributed by atoms with Gasteiger partial charge in [0.1, 0.15) is 5.52 Å². The maximum absolute atomic E-state index is 13.3. The maximum Gasteiger partial charge on any atom is 0.218 e. The summed E-state index contributed by atoms with van der Waals surface area (Å²) in [6.45, 7) is 2.38. The molecule has 29 heavy (non-hydrogen) atoms. The molecule has 0 aliphatic rings. The number of aromatic nitrogens is 2. The predicted molar refractivity (Wildman–Crippen MR) is 113 cm³/mol. The molecule has 9 nitrogen and oxygen atoms in total. The monoisotopic (exact) mass is 398 g/mol. The normalized spacial score (nSPS) is 13.4. The molecule has 2 N–H and O–H groups in total. The van der Waals surface area contributed by atoms with Crippen LogP contribution in [0.5, 0.6) is 0 Å². The lowest BCUT2D eigenvalue weighted by Crippen LogP contribution is -2.29. The van der Waals surface area contributed by atoms with Gasteiger partial charge >= 0.3 is 0 Å². The van der Waals surface area contributed by atoms with E-state index in [4.69, 9.17) is 0 Å². The van der Waals surface area contributed by atoms with E-state index in [1.807, 2.05) is 38.0 Å². The van der Waals surface area contributed by atoms with Gasteiger partial charge in [0.05, 0.1) is 40.8 Å². The fraction of sp³-hybridized carbons (Fsp3) is 0.400. The van der Waals surface area contributed by atoms with Crippen molar-refractivity contribution < 1.29 is 5.21 Å². The van der Waals surface area contributed by atoms with Crippen LogP contribution in [0.25, 0.3) is 21.8 Å². The third-order valence-corrected chi connectivity index (χ3v) is 4.63. The van der Waals surface area contributed by atoms with Crippen LogP contribution in [-0.2, 0) is 0 Å². The topological polar surface area (TPSA) is 106 Å². The fourth-order valence-electron chi connectivity index (χ4n) is 3.13. The third kappa shape index (κ3) is 4.20. The van der Waals surface area contributed by atoms with Gasteiger partial charge in [-0.3, -0.25) is 19.6 Å². The smallest absolute Gasteiger partial charge is 0.218 e. The van der Waals surface area contributed by atoms with E-state index in [1.165, 1.54) is 12.4 Å². The number of rotatable bonds is 6. The quantitative estimate of drug-likeness (QED) is 0.428. The highest BCUT2D eigenvalue weighted by Gasteiger charge is 2.16. The largest absolute Gasteiger partial charge is 0.428 e. The van der Waals surface area contributed by atoms with Crippen LogP contribution in [0.2, 0.25) is 0 Å². The summed E-state index contributed by atoms with van der Waals surface area (Å²) in [5.41, 5.74) is -0.894. The Morgan fingerprint density at radius 3 is 1.97 bits per heavy atom. The molecular formula is C20H26N6O3. The molecule has 0 spiro atoms. The molecule has 0 radical (unpaired) electrons. The van der Waals surface area contributed by atoms with E-state index < -0.39 is 5.43 Å².